The number of carbonyl (C=O) groups is 1. The summed E-state index contributed by atoms with van der Waals surface area (Å²) < 4.78 is 5.30. The van der Waals surface area contributed by atoms with Crippen LogP contribution in [0.5, 0.6) is 0 Å². The molecule has 17 heavy (non-hydrogen) atoms. The topological polar surface area (TPSA) is 41.6 Å². The zero-order valence-corrected chi connectivity index (χ0v) is 11.7. The molecule has 1 N–H and O–H groups in total. The van der Waals surface area contributed by atoms with Crippen LogP contribution in [0.25, 0.3) is 0 Å². The van der Waals surface area contributed by atoms with Crippen LogP contribution >= 0.6 is 0 Å². The molecule has 0 saturated carbocycles. The van der Waals surface area contributed by atoms with Crippen LogP contribution in [0.3, 0.4) is 0 Å². The molecule has 1 amide bonds. The predicted octanol–water partition coefficient (Wildman–Crippen LogP) is 2.24. The normalized spacial score (nSPS) is 17.2. The van der Waals surface area contributed by atoms with E-state index in [9.17, 15) is 4.79 Å². The second-order valence-corrected chi connectivity index (χ2v) is 6.15. The standard InChI is InChI=1S/C13H26N2O2/c1-10(2)14-7-6-11-8-15(9-11)12(16)17-13(3,4)5/h10-11,14H,6-9H2,1-5H3. The Morgan fingerprint density at radius 3 is 2.47 bits per heavy atom. The van der Waals surface area contributed by atoms with Crippen LogP contribution in [0.1, 0.15) is 41.0 Å². The van der Waals surface area contributed by atoms with E-state index in [0.717, 1.165) is 26.1 Å². The highest BCUT2D eigenvalue weighted by Crippen LogP contribution is 2.21. The molecule has 0 unspecified atom stereocenters. The molecule has 0 aliphatic carbocycles. The Morgan fingerprint density at radius 2 is 2.00 bits per heavy atom. The lowest BCUT2D eigenvalue weighted by molar-refractivity contribution is -0.00208. The van der Waals surface area contributed by atoms with Crippen LogP contribution < -0.4 is 5.32 Å². The highest BCUT2D eigenvalue weighted by atomic mass is 16.6. The number of likely N-dealkylation sites (tertiary alicyclic amines) is 1. The minimum atomic E-state index is -0.388. The first-order valence-corrected chi connectivity index (χ1v) is 6.49. The average molecular weight is 242 g/mol. The van der Waals surface area contributed by atoms with E-state index in [0.29, 0.717) is 12.0 Å². The van der Waals surface area contributed by atoms with E-state index < -0.39 is 0 Å². The number of hydrogen-bond acceptors (Lipinski definition) is 3. The third-order valence-corrected chi connectivity index (χ3v) is 2.71. The van der Waals surface area contributed by atoms with Gasteiger partial charge in [-0.15, -0.1) is 0 Å². The number of amides is 1. The largest absolute Gasteiger partial charge is 0.444 e. The molecule has 0 spiro atoms. The first-order chi connectivity index (χ1) is 7.78. The monoisotopic (exact) mass is 242 g/mol. The molecule has 1 heterocycles. The Bertz CT molecular complexity index is 253. The van der Waals surface area contributed by atoms with Gasteiger partial charge < -0.3 is 15.0 Å². The van der Waals surface area contributed by atoms with E-state index in [1.165, 1.54) is 0 Å². The SMILES string of the molecule is CC(C)NCCC1CN(C(=O)OC(C)(C)C)C1. The van der Waals surface area contributed by atoms with Crippen molar-refractivity contribution < 1.29 is 9.53 Å². The molecule has 4 nitrogen and oxygen atoms in total. The molecule has 1 rings (SSSR count). The molecular formula is C13H26N2O2. The lowest BCUT2D eigenvalue weighted by Gasteiger charge is -2.40. The molecule has 0 radical (unpaired) electrons. The molecule has 0 aromatic rings. The van der Waals surface area contributed by atoms with E-state index in [4.69, 9.17) is 4.74 Å². The summed E-state index contributed by atoms with van der Waals surface area (Å²) in [6.07, 6.45) is 0.961. The fraction of sp³-hybridized carbons (Fsp3) is 0.923. The Morgan fingerprint density at radius 1 is 1.41 bits per heavy atom. The van der Waals surface area contributed by atoms with E-state index in [1.54, 1.807) is 4.90 Å². The number of nitrogens with one attached hydrogen (secondary N) is 1. The molecule has 100 valence electrons. The van der Waals surface area contributed by atoms with Crippen molar-refractivity contribution in [2.45, 2.75) is 52.7 Å². The summed E-state index contributed by atoms with van der Waals surface area (Å²) in [5.74, 6) is 0.633. The van der Waals surface area contributed by atoms with Gasteiger partial charge in [-0.3, -0.25) is 0 Å². The predicted molar refractivity (Wildman–Crippen MR) is 69.1 cm³/mol. The van der Waals surface area contributed by atoms with Crippen LogP contribution in [0.2, 0.25) is 0 Å². The average Bonchev–Trinajstić information content (AvgIpc) is 2.04. The number of carbonyl (C=O) groups excluding carboxylic acids is 1. The summed E-state index contributed by atoms with van der Waals surface area (Å²) in [4.78, 5) is 13.4. The van der Waals surface area contributed by atoms with Gasteiger partial charge in [-0.2, -0.15) is 0 Å². The van der Waals surface area contributed by atoms with Crippen molar-refractivity contribution in [2.75, 3.05) is 19.6 Å². The Labute approximate surface area is 105 Å². The Kier molecular flexibility index (Phi) is 4.80. The van der Waals surface area contributed by atoms with Gasteiger partial charge in [0.1, 0.15) is 5.60 Å². The second kappa shape index (κ2) is 5.71. The fourth-order valence-corrected chi connectivity index (χ4v) is 1.80. The molecule has 1 fully saturated rings. The van der Waals surface area contributed by atoms with Crippen molar-refractivity contribution in [1.29, 1.82) is 0 Å². The molecule has 4 heteroatoms. The van der Waals surface area contributed by atoms with Crippen LogP contribution in [0.4, 0.5) is 4.79 Å². The van der Waals surface area contributed by atoms with Gasteiger partial charge in [0.15, 0.2) is 0 Å². The highest BCUT2D eigenvalue weighted by Gasteiger charge is 2.33. The van der Waals surface area contributed by atoms with Gasteiger partial charge in [-0.25, -0.2) is 4.79 Å². The minimum Gasteiger partial charge on any atom is -0.444 e. The van der Waals surface area contributed by atoms with Gasteiger partial charge in [0.2, 0.25) is 0 Å². The fourth-order valence-electron chi connectivity index (χ4n) is 1.80. The van der Waals surface area contributed by atoms with Crippen LogP contribution in [0, 0.1) is 5.92 Å². The zero-order valence-electron chi connectivity index (χ0n) is 11.7. The van der Waals surface area contributed by atoms with Gasteiger partial charge in [-0.1, -0.05) is 13.8 Å². The van der Waals surface area contributed by atoms with E-state index in [-0.39, 0.29) is 11.7 Å². The van der Waals surface area contributed by atoms with Crippen molar-refractivity contribution in [3.05, 3.63) is 0 Å². The van der Waals surface area contributed by atoms with Crippen molar-refractivity contribution in [1.82, 2.24) is 10.2 Å². The van der Waals surface area contributed by atoms with E-state index in [2.05, 4.69) is 19.2 Å². The first-order valence-electron chi connectivity index (χ1n) is 6.49. The van der Waals surface area contributed by atoms with Crippen molar-refractivity contribution in [3.63, 3.8) is 0 Å². The summed E-state index contributed by atoms with van der Waals surface area (Å²) >= 11 is 0. The second-order valence-electron chi connectivity index (χ2n) is 6.15. The molecule has 1 saturated heterocycles. The zero-order chi connectivity index (χ0) is 13.1. The smallest absolute Gasteiger partial charge is 0.410 e. The molecule has 0 bridgehead atoms. The van der Waals surface area contributed by atoms with Crippen LogP contribution in [-0.4, -0.2) is 42.3 Å². The quantitative estimate of drug-likeness (QED) is 0.822. The van der Waals surface area contributed by atoms with E-state index in [1.807, 2.05) is 20.8 Å². The van der Waals surface area contributed by atoms with Crippen molar-refractivity contribution in [3.8, 4) is 0 Å². The lowest BCUT2D eigenvalue weighted by Crippen LogP contribution is -2.52. The number of hydrogen-bond donors (Lipinski definition) is 1. The Balaban J connectivity index is 2.12. The van der Waals surface area contributed by atoms with Crippen LogP contribution in [-0.2, 0) is 4.74 Å². The maximum absolute atomic E-state index is 11.7. The summed E-state index contributed by atoms with van der Waals surface area (Å²) in [6, 6.07) is 0.539. The maximum atomic E-state index is 11.7. The molecule has 0 aromatic heterocycles. The number of nitrogens with zero attached hydrogens (tertiary/aromatic N) is 1. The molecular weight excluding hydrogens is 216 g/mol. The van der Waals surface area contributed by atoms with Gasteiger partial charge >= 0.3 is 6.09 Å². The molecule has 0 atom stereocenters. The van der Waals surface area contributed by atoms with Gasteiger partial charge in [0.05, 0.1) is 0 Å². The van der Waals surface area contributed by atoms with Gasteiger partial charge in [0.25, 0.3) is 0 Å². The van der Waals surface area contributed by atoms with E-state index >= 15 is 0 Å². The van der Waals surface area contributed by atoms with Crippen molar-refractivity contribution >= 4 is 6.09 Å². The van der Waals surface area contributed by atoms with Crippen LogP contribution in [0.15, 0.2) is 0 Å². The number of rotatable bonds is 4. The highest BCUT2D eigenvalue weighted by molar-refractivity contribution is 5.69. The third kappa shape index (κ3) is 5.39. The molecule has 0 aromatic carbocycles. The summed E-state index contributed by atoms with van der Waals surface area (Å²) in [5.41, 5.74) is -0.388. The molecule has 1 aliphatic rings. The first kappa shape index (κ1) is 14.3. The number of ether oxygens (including phenoxy) is 1. The van der Waals surface area contributed by atoms with Gasteiger partial charge in [-0.05, 0) is 39.7 Å². The maximum Gasteiger partial charge on any atom is 0.410 e. The Hall–Kier alpha value is -0.770. The third-order valence-electron chi connectivity index (χ3n) is 2.71. The summed E-state index contributed by atoms with van der Waals surface area (Å²) in [7, 11) is 0. The summed E-state index contributed by atoms with van der Waals surface area (Å²) in [6.45, 7) is 12.7. The minimum absolute atomic E-state index is 0.175. The lowest BCUT2D eigenvalue weighted by atomic mass is 9.97. The molecule has 1 aliphatic heterocycles. The van der Waals surface area contributed by atoms with Crippen molar-refractivity contribution in [2.24, 2.45) is 5.92 Å². The summed E-state index contributed by atoms with van der Waals surface area (Å²) in [5, 5.41) is 3.39. The van der Waals surface area contributed by atoms with Gasteiger partial charge in [0, 0.05) is 19.1 Å².